The first-order valence-electron chi connectivity index (χ1n) is 9.03. The highest BCUT2D eigenvalue weighted by atomic mass is 19.4. The van der Waals surface area contributed by atoms with Gasteiger partial charge in [-0.1, -0.05) is 0 Å². The van der Waals surface area contributed by atoms with Crippen LogP contribution < -0.4 is 9.64 Å². The Morgan fingerprint density at radius 2 is 1.43 bits per heavy atom. The summed E-state index contributed by atoms with van der Waals surface area (Å²) >= 11 is 0. The maximum atomic E-state index is 12.6. The summed E-state index contributed by atoms with van der Waals surface area (Å²) in [4.78, 5) is 26.8. The van der Waals surface area contributed by atoms with E-state index in [1.165, 1.54) is 12.1 Å². The third-order valence-corrected chi connectivity index (χ3v) is 3.74. The van der Waals surface area contributed by atoms with Crippen LogP contribution in [0, 0.1) is 0 Å². The smallest absolute Gasteiger partial charge is 0.461 e. The molecule has 0 heterocycles. The van der Waals surface area contributed by atoms with Crippen LogP contribution in [0.4, 0.5) is 18.9 Å². The molecule has 1 fully saturated rings. The largest absolute Gasteiger partial charge is 0.573 e. The van der Waals surface area contributed by atoms with Gasteiger partial charge in [-0.2, -0.15) is 0 Å². The molecule has 0 radical (unpaired) electrons. The van der Waals surface area contributed by atoms with Gasteiger partial charge in [-0.25, -0.2) is 9.59 Å². The number of anilines is 1. The van der Waals surface area contributed by atoms with E-state index >= 15 is 0 Å². The number of ether oxygens (including phenoxy) is 3. The van der Waals surface area contributed by atoms with E-state index in [0.29, 0.717) is 5.69 Å². The average Bonchev–Trinajstić information content (AvgIpc) is 3.34. The van der Waals surface area contributed by atoms with E-state index in [1.807, 2.05) is 0 Å². The summed E-state index contributed by atoms with van der Waals surface area (Å²) < 4.78 is 51.4. The lowest BCUT2D eigenvalue weighted by molar-refractivity contribution is -0.274. The van der Waals surface area contributed by atoms with E-state index in [1.54, 1.807) is 32.6 Å². The minimum absolute atomic E-state index is 0.112. The van der Waals surface area contributed by atoms with E-state index in [4.69, 9.17) is 9.47 Å². The SMILES string of the molecule is CC(C)OC(=O)C(C(=O)OC(C)C)N(c1ccc(OC(F)(F)F)cc1)C1CC1. The number of hydrogen-bond donors (Lipinski definition) is 0. The molecule has 0 saturated heterocycles. The molecule has 6 nitrogen and oxygen atoms in total. The molecule has 0 amide bonds. The number of alkyl halides is 3. The molecule has 0 aliphatic heterocycles. The third-order valence-electron chi connectivity index (χ3n) is 3.74. The van der Waals surface area contributed by atoms with Gasteiger partial charge in [0.05, 0.1) is 12.2 Å². The van der Waals surface area contributed by atoms with Crippen LogP contribution in [0.15, 0.2) is 24.3 Å². The van der Waals surface area contributed by atoms with Crippen molar-refractivity contribution >= 4 is 17.6 Å². The minimum Gasteiger partial charge on any atom is -0.461 e. The Balaban J connectivity index is 2.33. The topological polar surface area (TPSA) is 65.1 Å². The fourth-order valence-electron chi connectivity index (χ4n) is 2.66. The van der Waals surface area contributed by atoms with Crippen molar-refractivity contribution in [2.45, 2.75) is 71.2 Å². The van der Waals surface area contributed by atoms with Gasteiger partial charge in [-0.15, -0.1) is 13.2 Å². The second-order valence-electron chi connectivity index (χ2n) is 7.05. The van der Waals surface area contributed by atoms with Crippen LogP contribution in [-0.4, -0.2) is 42.6 Å². The van der Waals surface area contributed by atoms with Crippen molar-refractivity contribution in [3.05, 3.63) is 24.3 Å². The molecule has 9 heteroatoms. The Bertz CT molecular complexity index is 662. The number of carbonyl (C=O) groups excluding carboxylic acids is 2. The van der Waals surface area contributed by atoms with E-state index < -0.39 is 42.3 Å². The summed E-state index contributed by atoms with van der Waals surface area (Å²) in [5.74, 6) is -1.91. The van der Waals surface area contributed by atoms with Gasteiger partial charge in [0.2, 0.25) is 6.04 Å². The molecular weight excluding hydrogens is 379 g/mol. The summed E-state index contributed by atoms with van der Waals surface area (Å²) in [6, 6.07) is 3.56. The van der Waals surface area contributed by atoms with Crippen LogP contribution in [0.1, 0.15) is 40.5 Å². The zero-order valence-electron chi connectivity index (χ0n) is 16.2. The molecule has 0 N–H and O–H groups in total. The predicted molar refractivity (Wildman–Crippen MR) is 94.9 cm³/mol. The first kappa shape index (κ1) is 21.8. The zero-order valence-corrected chi connectivity index (χ0v) is 16.2. The van der Waals surface area contributed by atoms with Gasteiger partial charge in [0.1, 0.15) is 5.75 Å². The lowest BCUT2D eigenvalue weighted by Gasteiger charge is -2.32. The second-order valence-corrected chi connectivity index (χ2v) is 7.05. The molecule has 1 aromatic carbocycles. The summed E-state index contributed by atoms with van der Waals surface area (Å²) in [6.45, 7) is 6.64. The number of halogens is 3. The lowest BCUT2D eigenvalue weighted by atomic mass is 10.1. The van der Waals surface area contributed by atoms with Crippen molar-refractivity contribution in [3.8, 4) is 5.75 Å². The molecule has 1 aliphatic carbocycles. The van der Waals surface area contributed by atoms with Crippen molar-refractivity contribution in [1.29, 1.82) is 0 Å². The van der Waals surface area contributed by atoms with Crippen molar-refractivity contribution < 1.29 is 37.0 Å². The first-order valence-corrected chi connectivity index (χ1v) is 9.03. The van der Waals surface area contributed by atoms with Gasteiger partial charge in [0, 0.05) is 11.7 Å². The Morgan fingerprint density at radius 3 is 1.79 bits per heavy atom. The number of rotatable bonds is 8. The van der Waals surface area contributed by atoms with Gasteiger partial charge in [-0.3, -0.25) is 0 Å². The lowest BCUT2D eigenvalue weighted by Crippen LogP contribution is -2.51. The van der Waals surface area contributed by atoms with Gasteiger partial charge < -0.3 is 19.1 Å². The molecule has 1 aromatic rings. The molecular formula is C19H24F3NO5. The van der Waals surface area contributed by atoms with Gasteiger partial charge in [0.25, 0.3) is 0 Å². The molecule has 156 valence electrons. The van der Waals surface area contributed by atoms with E-state index in [9.17, 15) is 22.8 Å². The van der Waals surface area contributed by atoms with Crippen molar-refractivity contribution in [2.75, 3.05) is 4.90 Å². The van der Waals surface area contributed by atoms with Gasteiger partial charge in [0.15, 0.2) is 0 Å². The van der Waals surface area contributed by atoms with Crippen LogP contribution in [0.3, 0.4) is 0 Å². The van der Waals surface area contributed by atoms with Crippen LogP contribution in [-0.2, 0) is 19.1 Å². The van der Waals surface area contributed by atoms with Crippen molar-refractivity contribution in [1.82, 2.24) is 0 Å². The number of nitrogens with zero attached hydrogens (tertiary/aromatic N) is 1. The minimum atomic E-state index is -4.80. The van der Waals surface area contributed by atoms with Gasteiger partial charge >= 0.3 is 18.3 Å². The number of benzene rings is 1. The Morgan fingerprint density at radius 1 is 0.964 bits per heavy atom. The maximum Gasteiger partial charge on any atom is 0.573 e. The molecule has 1 saturated carbocycles. The highest BCUT2D eigenvalue weighted by Gasteiger charge is 2.44. The molecule has 0 aromatic heterocycles. The average molecular weight is 403 g/mol. The Hall–Kier alpha value is -2.45. The Kier molecular flexibility index (Phi) is 6.79. The summed E-state index contributed by atoms with van der Waals surface area (Å²) in [7, 11) is 0. The molecule has 28 heavy (non-hydrogen) atoms. The molecule has 0 bridgehead atoms. The zero-order chi connectivity index (χ0) is 21.1. The monoisotopic (exact) mass is 403 g/mol. The third kappa shape index (κ3) is 6.31. The number of hydrogen-bond acceptors (Lipinski definition) is 6. The number of carbonyl (C=O) groups is 2. The fraction of sp³-hybridized carbons (Fsp3) is 0.579. The molecule has 2 rings (SSSR count). The highest BCUT2D eigenvalue weighted by molar-refractivity contribution is 6.03. The van der Waals surface area contributed by atoms with Crippen LogP contribution in [0.2, 0.25) is 0 Å². The highest BCUT2D eigenvalue weighted by Crippen LogP contribution is 2.35. The van der Waals surface area contributed by atoms with E-state index in [0.717, 1.165) is 25.0 Å². The summed E-state index contributed by atoms with van der Waals surface area (Å²) in [5.41, 5.74) is 0.406. The van der Waals surface area contributed by atoms with Crippen molar-refractivity contribution in [2.24, 2.45) is 0 Å². The first-order chi connectivity index (χ1) is 13.0. The van der Waals surface area contributed by atoms with Crippen LogP contribution >= 0.6 is 0 Å². The van der Waals surface area contributed by atoms with E-state index in [2.05, 4.69) is 4.74 Å². The molecule has 1 aliphatic rings. The quantitative estimate of drug-likeness (QED) is 0.486. The standard InChI is InChI=1S/C19H24F3NO5/c1-11(2)26-17(24)16(18(25)27-12(3)4)23(13-5-6-13)14-7-9-15(10-8-14)28-19(20,21)22/h7-13,16H,5-6H2,1-4H3. The van der Waals surface area contributed by atoms with Crippen LogP contribution in [0.5, 0.6) is 5.75 Å². The number of esters is 2. The summed E-state index contributed by atoms with van der Waals surface area (Å²) in [6.07, 6.45) is -4.21. The normalized spacial score (nSPS) is 14.4. The van der Waals surface area contributed by atoms with Crippen molar-refractivity contribution in [3.63, 3.8) is 0 Å². The Labute approximate surface area is 161 Å². The van der Waals surface area contributed by atoms with Gasteiger partial charge in [-0.05, 0) is 64.8 Å². The fourth-order valence-corrected chi connectivity index (χ4v) is 2.66. The predicted octanol–water partition coefficient (Wildman–Crippen LogP) is 3.83. The maximum absolute atomic E-state index is 12.6. The summed E-state index contributed by atoms with van der Waals surface area (Å²) in [5, 5.41) is 0. The molecule has 0 atom stereocenters. The molecule has 0 unspecified atom stereocenters. The van der Waals surface area contributed by atoms with E-state index in [-0.39, 0.29) is 6.04 Å². The van der Waals surface area contributed by atoms with Crippen LogP contribution in [0.25, 0.3) is 0 Å². The molecule has 0 spiro atoms. The second kappa shape index (κ2) is 8.70.